The van der Waals surface area contributed by atoms with Crippen molar-refractivity contribution >= 4 is 5.97 Å². The molecule has 0 amide bonds. The summed E-state index contributed by atoms with van der Waals surface area (Å²) in [6.07, 6.45) is 6.01. The molecular formula is C9H9NO3. The molecule has 1 N–H and O–H groups in total. The highest BCUT2D eigenvalue weighted by Crippen LogP contribution is 2.12. The van der Waals surface area contributed by atoms with Crippen LogP contribution in [0.3, 0.4) is 0 Å². The zero-order valence-corrected chi connectivity index (χ0v) is 6.93. The van der Waals surface area contributed by atoms with Gasteiger partial charge in [0.2, 0.25) is 0 Å². The van der Waals surface area contributed by atoms with Gasteiger partial charge in [0.25, 0.3) is 0 Å². The Labute approximate surface area is 75.7 Å². The van der Waals surface area contributed by atoms with Gasteiger partial charge >= 0.3 is 5.97 Å². The van der Waals surface area contributed by atoms with E-state index in [1.807, 2.05) is 6.08 Å². The van der Waals surface area contributed by atoms with Gasteiger partial charge in [-0.15, -0.1) is 0 Å². The number of nitriles is 1. The molecule has 68 valence electrons. The second-order valence-corrected chi connectivity index (χ2v) is 2.62. The highest BCUT2D eigenvalue weighted by atomic mass is 16.5. The fourth-order valence-electron chi connectivity index (χ4n) is 1.02. The van der Waals surface area contributed by atoms with Crippen molar-refractivity contribution in [1.82, 2.24) is 0 Å². The lowest BCUT2D eigenvalue weighted by atomic mass is 10.1. The number of ether oxygens (including phenoxy) is 1. The van der Waals surface area contributed by atoms with E-state index in [9.17, 15) is 4.79 Å². The minimum absolute atomic E-state index is 0.264. The summed E-state index contributed by atoms with van der Waals surface area (Å²) in [4.78, 5) is 10.4. The van der Waals surface area contributed by atoms with Gasteiger partial charge in [0.15, 0.2) is 0 Å². The summed E-state index contributed by atoms with van der Waals surface area (Å²) in [7, 11) is 0. The predicted octanol–water partition coefficient (Wildman–Crippen LogP) is 1.21. The molecule has 1 unspecified atom stereocenters. The third-order valence-corrected chi connectivity index (χ3v) is 1.67. The fourth-order valence-corrected chi connectivity index (χ4v) is 1.02. The first-order valence-electron chi connectivity index (χ1n) is 3.89. The number of rotatable bonds is 2. The summed E-state index contributed by atoms with van der Waals surface area (Å²) in [5, 5.41) is 17.0. The highest BCUT2D eigenvalue weighted by Gasteiger charge is 2.13. The maximum absolute atomic E-state index is 10.4. The van der Waals surface area contributed by atoms with Crippen LogP contribution in [0.25, 0.3) is 0 Å². The van der Waals surface area contributed by atoms with E-state index in [0.717, 1.165) is 12.8 Å². The van der Waals surface area contributed by atoms with Crippen LogP contribution >= 0.6 is 0 Å². The maximum Gasteiger partial charge on any atom is 0.346 e. The Morgan fingerprint density at radius 2 is 2.54 bits per heavy atom. The summed E-state index contributed by atoms with van der Waals surface area (Å²) in [5.41, 5.74) is -0.264. The molecule has 4 nitrogen and oxygen atoms in total. The molecule has 0 saturated carbocycles. The van der Waals surface area contributed by atoms with Crippen molar-refractivity contribution in [2.75, 3.05) is 0 Å². The van der Waals surface area contributed by atoms with Gasteiger partial charge < -0.3 is 9.84 Å². The molecule has 13 heavy (non-hydrogen) atoms. The Morgan fingerprint density at radius 1 is 1.77 bits per heavy atom. The number of hydrogen-bond donors (Lipinski definition) is 1. The molecule has 0 bridgehead atoms. The molecule has 1 rings (SSSR count). The normalized spacial score (nSPS) is 21.8. The van der Waals surface area contributed by atoms with E-state index in [-0.39, 0.29) is 11.7 Å². The maximum atomic E-state index is 10.4. The van der Waals surface area contributed by atoms with Crippen LogP contribution in [-0.2, 0) is 9.53 Å². The first kappa shape index (κ1) is 9.33. The average Bonchev–Trinajstić information content (AvgIpc) is 2.15. The summed E-state index contributed by atoms with van der Waals surface area (Å²) in [6.45, 7) is 0. The molecule has 1 aliphatic heterocycles. The molecule has 0 radical (unpaired) electrons. The summed E-state index contributed by atoms with van der Waals surface area (Å²) >= 11 is 0. The molecule has 0 aromatic heterocycles. The van der Waals surface area contributed by atoms with Gasteiger partial charge in [-0.05, 0) is 25.0 Å². The second-order valence-electron chi connectivity index (χ2n) is 2.62. The SMILES string of the molecule is N#C/C(=C\C1CCC=CO1)C(=O)O. The zero-order valence-electron chi connectivity index (χ0n) is 6.93. The van der Waals surface area contributed by atoms with E-state index in [1.54, 1.807) is 6.07 Å². The molecular weight excluding hydrogens is 170 g/mol. The van der Waals surface area contributed by atoms with Crippen molar-refractivity contribution in [1.29, 1.82) is 5.26 Å². The first-order valence-corrected chi connectivity index (χ1v) is 3.89. The Morgan fingerprint density at radius 3 is 3.00 bits per heavy atom. The topological polar surface area (TPSA) is 70.3 Å². The van der Waals surface area contributed by atoms with Crippen molar-refractivity contribution in [3.8, 4) is 6.07 Å². The van der Waals surface area contributed by atoms with Crippen LogP contribution in [0.4, 0.5) is 0 Å². The summed E-state index contributed by atoms with van der Waals surface area (Å²) in [6, 6.07) is 1.61. The van der Waals surface area contributed by atoms with Gasteiger partial charge in [-0.3, -0.25) is 0 Å². The van der Waals surface area contributed by atoms with Gasteiger partial charge in [0.05, 0.1) is 6.26 Å². The van der Waals surface area contributed by atoms with Crippen LogP contribution in [-0.4, -0.2) is 17.2 Å². The van der Waals surface area contributed by atoms with Crippen LogP contribution < -0.4 is 0 Å². The van der Waals surface area contributed by atoms with Gasteiger partial charge in [-0.1, -0.05) is 0 Å². The lowest BCUT2D eigenvalue weighted by Gasteiger charge is -2.15. The smallest absolute Gasteiger partial charge is 0.346 e. The zero-order chi connectivity index (χ0) is 9.68. The second kappa shape index (κ2) is 4.31. The van der Waals surface area contributed by atoms with Crippen molar-refractivity contribution in [3.63, 3.8) is 0 Å². The van der Waals surface area contributed by atoms with E-state index in [0.29, 0.717) is 0 Å². The third kappa shape index (κ3) is 2.64. The summed E-state index contributed by atoms with van der Waals surface area (Å²) in [5.74, 6) is -1.21. The van der Waals surface area contributed by atoms with Crippen molar-refractivity contribution in [2.24, 2.45) is 0 Å². The first-order chi connectivity index (χ1) is 6.24. The number of carbonyl (C=O) groups is 1. The Kier molecular flexibility index (Phi) is 3.09. The van der Waals surface area contributed by atoms with Gasteiger partial charge in [-0.2, -0.15) is 5.26 Å². The minimum atomic E-state index is -1.21. The quantitative estimate of drug-likeness (QED) is 0.511. The van der Waals surface area contributed by atoms with Gasteiger partial charge in [-0.25, -0.2) is 4.79 Å². The average molecular weight is 179 g/mol. The number of aliphatic carboxylic acids is 1. The van der Waals surface area contributed by atoms with Gasteiger partial charge in [0, 0.05) is 0 Å². The molecule has 0 saturated heterocycles. The largest absolute Gasteiger partial charge is 0.494 e. The minimum Gasteiger partial charge on any atom is -0.494 e. The Balaban J connectivity index is 2.68. The molecule has 0 aromatic carbocycles. The summed E-state index contributed by atoms with van der Waals surface area (Å²) < 4.78 is 5.09. The molecule has 1 aliphatic rings. The van der Waals surface area contributed by atoms with Crippen LogP contribution in [0.5, 0.6) is 0 Å². The highest BCUT2D eigenvalue weighted by molar-refractivity contribution is 5.91. The van der Waals surface area contributed by atoms with Crippen LogP contribution in [0.2, 0.25) is 0 Å². The third-order valence-electron chi connectivity index (χ3n) is 1.67. The lowest BCUT2D eigenvalue weighted by molar-refractivity contribution is -0.132. The van der Waals surface area contributed by atoms with Crippen molar-refractivity contribution in [2.45, 2.75) is 18.9 Å². The van der Waals surface area contributed by atoms with Crippen LogP contribution in [0.15, 0.2) is 24.0 Å². The predicted molar refractivity (Wildman–Crippen MR) is 44.6 cm³/mol. The molecule has 1 heterocycles. The molecule has 1 atom stereocenters. The van der Waals surface area contributed by atoms with Gasteiger partial charge in [0.1, 0.15) is 17.7 Å². The fraction of sp³-hybridized carbons (Fsp3) is 0.333. The number of carboxylic acids is 1. The molecule has 4 heteroatoms. The van der Waals surface area contributed by atoms with E-state index in [2.05, 4.69) is 0 Å². The monoisotopic (exact) mass is 179 g/mol. The van der Waals surface area contributed by atoms with Crippen LogP contribution in [0.1, 0.15) is 12.8 Å². The number of nitrogens with zero attached hydrogens (tertiary/aromatic N) is 1. The number of allylic oxidation sites excluding steroid dienone is 1. The van der Waals surface area contributed by atoms with Crippen molar-refractivity contribution in [3.05, 3.63) is 24.0 Å². The van der Waals surface area contributed by atoms with E-state index in [4.69, 9.17) is 15.1 Å². The molecule has 0 aliphatic carbocycles. The Hall–Kier alpha value is -1.76. The molecule has 0 spiro atoms. The van der Waals surface area contributed by atoms with Crippen molar-refractivity contribution < 1.29 is 14.6 Å². The lowest BCUT2D eigenvalue weighted by Crippen LogP contribution is -2.12. The Bertz CT molecular complexity index is 298. The van der Waals surface area contributed by atoms with E-state index >= 15 is 0 Å². The number of carboxylic acid groups (broad SMARTS) is 1. The van der Waals surface area contributed by atoms with Crippen LogP contribution in [0, 0.1) is 11.3 Å². The standard InChI is InChI=1S/C9H9NO3/c10-6-7(9(11)12)5-8-3-1-2-4-13-8/h2,4-5,8H,1,3H2,(H,11,12)/b7-5+. The molecule has 0 aromatic rings. The molecule has 0 fully saturated rings. The van der Waals surface area contributed by atoms with E-state index < -0.39 is 5.97 Å². The van der Waals surface area contributed by atoms with E-state index in [1.165, 1.54) is 12.3 Å². The number of hydrogen-bond acceptors (Lipinski definition) is 3.